The molecule has 3 heteroatoms. The van der Waals surface area contributed by atoms with Crippen LogP contribution in [0.25, 0.3) is 0 Å². The summed E-state index contributed by atoms with van der Waals surface area (Å²) in [4.78, 5) is 0. The van der Waals surface area contributed by atoms with E-state index in [-0.39, 0.29) is 5.60 Å². The van der Waals surface area contributed by atoms with Crippen LogP contribution in [0.5, 0.6) is 0 Å². The van der Waals surface area contributed by atoms with Gasteiger partial charge in [-0.2, -0.15) is 0 Å². The van der Waals surface area contributed by atoms with Crippen LogP contribution < -0.4 is 0 Å². The quantitative estimate of drug-likeness (QED) is 0.532. The summed E-state index contributed by atoms with van der Waals surface area (Å²) < 4.78 is 13.2. The van der Waals surface area contributed by atoms with E-state index in [9.17, 15) is 0 Å². The Labute approximate surface area is 125 Å². The van der Waals surface area contributed by atoms with E-state index in [1.54, 1.807) is 0 Å². The number of halogens is 1. The lowest BCUT2D eigenvalue weighted by molar-refractivity contribution is -0.113. The molecule has 2 aliphatic rings. The average molecular weight is 366 g/mol. The van der Waals surface area contributed by atoms with Crippen molar-refractivity contribution in [3.05, 3.63) is 0 Å². The van der Waals surface area contributed by atoms with E-state index in [4.69, 9.17) is 9.47 Å². The van der Waals surface area contributed by atoms with Crippen molar-refractivity contribution in [2.75, 3.05) is 17.6 Å². The maximum Gasteiger partial charge on any atom is 0.0808 e. The first-order valence-corrected chi connectivity index (χ1v) is 9.12. The zero-order valence-electron chi connectivity index (χ0n) is 11.6. The Kier molecular flexibility index (Phi) is 6.22. The predicted octanol–water partition coefficient (Wildman–Crippen LogP) is 4.35. The van der Waals surface area contributed by atoms with Gasteiger partial charge < -0.3 is 9.47 Å². The summed E-state index contributed by atoms with van der Waals surface area (Å²) in [6.07, 6.45) is 10.6. The van der Waals surface area contributed by atoms with E-state index in [0.29, 0.717) is 6.10 Å². The highest BCUT2D eigenvalue weighted by Crippen LogP contribution is 2.38. The van der Waals surface area contributed by atoms with Gasteiger partial charge in [0.1, 0.15) is 0 Å². The topological polar surface area (TPSA) is 18.5 Å². The van der Waals surface area contributed by atoms with Gasteiger partial charge >= 0.3 is 0 Å². The van der Waals surface area contributed by atoms with Crippen molar-refractivity contribution in [2.24, 2.45) is 5.92 Å². The summed E-state index contributed by atoms with van der Waals surface area (Å²) in [5.41, 5.74) is 0.160. The predicted molar refractivity (Wildman–Crippen MR) is 83.4 cm³/mol. The van der Waals surface area contributed by atoms with Crippen molar-refractivity contribution < 1.29 is 9.47 Å². The van der Waals surface area contributed by atoms with Gasteiger partial charge in [0.05, 0.1) is 18.3 Å². The number of rotatable bonds is 5. The Morgan fingerprint density at radius 2 is 2.00 bits per heavy atom. The van der Waals surface area contributed by atoms with E-state index in [0.717, 1.165) is 23.6 Å². The minimum absolute atomic E-state index is 0.160. The maximum atomic E-state index is 6.32. The molecule has 1 heterocycles. The Bertz CT molecular complexity index is 231. The number of hydrogen-bond donors (Lipinski definition) is 0. The molecule has 1 aliphatic heterocycles. The van der Waals surface area contributed by atoms with Crippen LogP contribution in [0.2, 0.25) is 0 Å². The summed E-state index contributed by atoms with van der Waals surface area (Å²) in [6.45, 7) is 4.07. The van der Waals surface area contributed by atoms with Crippen LogP contribution in [0.3, 0.4) is 0 Å². The lowest BCUT2D eigenvalue weighted by Crippen LogP contribution is -2.41. The molecule has 0 aromatic rings. The molecular weight excluding hydrogens is 339 g/mol. The zero-order valence-corrected chi connectivity index (χ0v) is 13.8. The van der Waals surface area contributed by atoms with E-state index in [1.165, 1.54) is 51.4 Å². The third-order valence-corrected chi connectivity index (χ3v) is 6.08. The van der Waals surface area contributed by atoms with Crippen LogP contribution in [0.1, 0.15) is 58.3 Å². The maximum absolute atomic E-state index is 6.32. The lowest BCUT2D eigenvalue weighted by Gasteiger charge is -2.40. The Balaban J connectivity index is 1.77. The van der Waals surface area contributed by atoms with E-state index in [2.05, 4.69) is 29.5 Å². The minimum Gasteiger partial charge on any atom is -0.376 e. The van der Waals surface area contributed by atoms with Gasteiger partial charge in [-0.15, -0.1) is 0 Å². The zero-order chi connectivity index (χ0) is 12.8. The SMILES string of the molecule is CCC1CCC(CI)(OCC2CCCCO2)CC1. The molecule has 0 radical (unpaired) electrons. The number of ether oxygens (including phenoxy) is 2. The highest BCUT2D eigenvalue weighted by atomic mass is 127. The van der Waals surface area contributed by atoms with Crippen LogP contribution in [-0.2, 0) is 9.47 Å². The summed E-state index contributed by atoms with van der Waals surface area (Å²) in [6, 6.07) is 0. The van der Waals surface area contributed by atoms with Crippen LogP contribution in [0.15, 0.2) is 0 Å². The van der Waals surface area contributed by atoms with Gasteiger partial charge in [-0.1, -0.05) is 35.9 Å². The van der Waals surface area contributed by atoms with E-state index in [1.807, 2.05) is 0 Å². The highest BCUT2D eigenvalue weighted by molar-refractivity contribution is 14.1. The third kappa shape index (κ3) is 4.07. The third-order valence-electron chi connectivity index (χ3n) is 4.69. The molecule has 1 aliphatic carbocycles. The minimum atomic E-state index is 0.160. The normalized spacial score (nSPS) is 37.7. The fourth-order valence-corrected chi connectivity index (χ4v) is 4.12. The molecule has 0 amide bonds. The Morgan fingerprint density at radius 3 is 2.56 bits per heavy atom. The van der Waals surface area contributed by atoms with Gasteiger partial charge in [0.15, 0.2) is 0 Å². The van der Waals surface area contributed by atoms with Gasteiger partial charge in [0.2, 0.25) is 0 Å². The molecule has 2 fully saturated rings. The molecule has 0 aromatic carbocycles. The van der Waals surface area contributed by atoms with Gasteiger partial charge in [0, 0.05) is 11.0 Å². The summed E-state index contributed by atoms with van der Waals surface area (Å²) in [7, 11) is 0. The van der Waals surface area contributed by atoms with E-state index < -0.39 is 0 Å². The molecule has 106 valence electrons. The molecule has 0 bridgehead atoms. The standard InChI is InChI=1S/C15H27IO2/c1-2-13-6-8-15(12-16,9-7-13)18-11-14-5-3-4-10-17-14/h13-14H,2-12H2,1H3. The van der Waals surface area contributed by atoms with Crippen LogP contribution >= 0.6 is 22.6 Å². The first-order valence-electron chi connectivity index (χ1n) is 7.59. The van der Waals surface area contributed by atoms with Crippen LogP contribution in [0, 0.1) is 5.92 Å². The monoisotopic (exact) mass is 366 g/mol. The molecule has 1 saturated heterocycles. The number of alkyl halides is 1. The summed E-state index contributed by atoms with van der Waals surface area (Å²) in [5.74, 6) is 0.940. The lowest BCUT2D eigenvalue weighted by atomic mass is 9.78. The molecule has 18 heavy (non-hydrogen) atoms. The van der Waals surface area contributed by atoms with Gasteiger partial charge in [-0.25, -0.2) is 0 Å². The molecule has 0 spiro atoms. The smallest absolute Gasteiger partial charge is 0.0808 e. The second-order valence-corrected chi connectivity index (χ2v) is 6.73. The molecular formula is C15H27IO2. The molecule has 1 atom stereocenters. The van der Waals surface area contributed by atoms with Crippen molar-refractivity contribution in [1.82, 2.24) is 0 Å². The second-order valence-electron chi connectivity index (χ2n) is 5.97. The van der Waals surface area contributed by atoms with Gasteiger partial charge in [-0.05, 0) is 50.9 Å². The van der Waals surface area contributed by atoms with Crippen LogP contribution in [0.4, 0.5) is 0 Å². The molecule has 1 unspecified atom stereocenters. The Morgan fingerprint density at radius 1 is 1.22 bits per heavy atom. The Hall–Kier alpha value is 0.650. The van der Waals surface area contributed by atoms with Gasteiger partial charge in [0.25, 0.3) is 0 Å². The van der Waals surface area contributed by atoms with Gasteiger partial charge in [-0.3, -0.25) is 0 Å². The number of hydrogen-bond acceptors (Lipinski definition) is 2. The summed E-state index contributed by atoms with van der Waals surface area (Å²) >= 11 is 2.51. The largest absolute Gasteiger partial charge is 0.376 e. The fraction of sp³-hybridized carbons (Fsp3) is 1.00. The summed E-state index contributed by atoms with van der Waals surface area (Å²) in [5, 5.41) is 0. The van der Waals surface area contributed by atoms with Crippen molar-refractivity contribution in [2.45, 2.75) is 70.0 Å². The van der Waals surface area contributed by atoms with Crippen molar-refractivity contribution in [3.8, 4) is 0 Å². The molecule has 2 rings (SSSR count). The van der Waals surface area contributed by atoms with Crippen molar-refractivity contribution in [1.29, 1.82) is 0 Å². The van der Waals surface area contributed by atoms with Crippen molar-refractivity contribution in [3.63, 3.8) is 0 Å². The average Bonchev–Trinajstić information content (AvgIpc) is 2.47. The van der Waals surface area contributed by atoms with Crippen molar-refractivity contribution >= 4 is 22.6 Å². The first-order chi connectivity index (χ1) is 8.78. The van der Waals surface area contributed by atoms with E-state index >= 15 is 0 Å². The first kappa shape index (κ1) is 15.0. The molecule has 0 N–H and O–H groups in total. The second kappa shape index (κ2) is 7.44. The molecule has 1 saturated carbocycles. The fourth-order valence-electron chi connectivity index (χ4n) is 3.14. The highest BCUT2D eigenvalue weighted by Gasteiger charge is 2.35. The molecule has 0 aromatic heterocycles. The van der Waals surface area contributed by atoms with Crippen LogP contribution in [-0.4, -0.2) is 29.3 Å². The molecule has 2 nitrogen and oxygen atoms in total.